The highest BCUT2D eigenvalue weighted by molar-refractivity contribution is 14.1. The number of anilines is 2. The van der Waals surface area contributed by atoms with Gasteiger partial charge in [0.2, 0.25) is 0 Å². The molecule has 6 rings (SSSR count). The number of benzene rings is 3. The van der Waals surface area contributed by atoms with Crippen LogP contribution in [-0.4, -0.2) is 10.9 Å². The Morgan fingerprint density at radius 1 is 0.889 bits per heavy atom. The van der Waals surface area contributed by atoms with Crippen molar-refractivity contribution in [3.63, 3.8) is 0 Å². The van der Waals surface area contributed by atoms with Gasteiger partial charge in [0.1, 0.15) is 0 Å². The molecule has 4 aromatic rings. The third-order valence-corrected chi connectivity index (χ3v) is 6.25. The summed E-state index contributed by atoms with van der Waals surface area (Å²) in [4.78, 5) is 17.0. The molecule has 0 unspecified atom stereocenters. The molecule has 27 heavy (non-hydrogen) atoms. The number of halogens is 1. The zero-order chi connectivity index (χ0) is 18.2. The summed E-state index contributed by atoms with van der Waals surface area (Å²) in [5.74, 6) is -0.0417. The Labute approximate surface area is 169 Å². The van der Waals surface area contributed by atoms with Crippen LogP contribution in [0, 0.1) is 3.57 Å². The number of fused-ring (bicyclic) bond motifs is 8. The highest BCUT2D eigenvalue weighted by Crippen LogP contribution is 2.53. The van der Waals surface area contributed by atoms with E-state index in [4.69, 9.17) is 0 Å². The molecule has 0 aliphatic carbocycles. The van der Waals surface area contributed by atoms with Crippen LogP contribution in [0.5, 0.6) is 0 Å². The van der Waals surface area contributed by atoms with E-state index in [0.717, 1.165) is 48.2 Å². The second-order valence-electron chi connectivity index (χ2n) is 6.99. The van der Waals surface area contributed by atoms with E-state index in [9.17, 15) is 4.79 Å². The molecule has 2 aliphatic rings. The fourth-order valence-electron chi connectivity index (χ4n) is 4.45. The lowest BCUT2D eigenvalue weighted by atomic mass is 9.78. The molecule has 2 aliphatic heterocycles. The van der Waals surface area contributed by atoms with E-state index in [1.165, 1.54) is 0 Å². The maximum absolute atomic E-state index is 13.4. The summed E-state index contributed by atoms with van der Waals surface area (Å²) in [6.45, 7) is 0. The van der Waals surface area contributed by atoms with Crippen LogP contribution in [0.4, 0.5) is 11.4 Å². The van der Waals surface area contributed by atoms with Gasteiger partial charge in [-0.3, -0.25) is 4.79 Å². The van der Waals surface area contributed by atoms with Crippen LogP contribution in [-0.2, 0) is 10.3 Å². The Balaban J connectivity index is 1.80. The Bertz CT molecular complexity index is 1280. The van der Waals surface area contributed by atoms with Crippen molar-refractivity contribution < 1.29 is 4.79 Å². The summed E-state index contributed by atoms with van der Waals surface area (Å²) < 4.78 is 1.10. The fourth-order valence-corrected chi connectivity index (χ4v) is 4.95. The van der Waals surface area contributed by atoms with Crippen molar-refractivity contribution in [3.8, 4) is 11.3 Å². The van der Waals surface area contributed by atoms with Crippen LogP contribution >= 0.6 is 22.6 Å². The SMILES string of the molecule is O=C1Nc2ccc(I)cc2[C@@]12Nc1ccccc1-c1[nH]c3ccccc3c12. The van der Waals surface area contributed by atoms with Gasteiger partial charge in [-0.1, -0.05) is 36.4 Å². The van der Waals surface area contributed by atoms with Crippen molar-refractivity contribution in [3.05, 3.63) is 81.4 Å². The summed E-state index contributed by atoms with van der Waals surface area (Å²) in [6.07, 6.45) is 0. The van der Waals surface area contributed by atoms with E-state index in [0.29, 0.717) is 0 Å². The molecule has 4 nitrogen and oxygen atoms in total. The van der Waals surface area contributed by atoms with E-state index < -0.39 is 5.54 Å². The van der Waals surface area contributed by atoms with Crippen LogP contribution in [0.1, 0.15) is 11.1 Å². The normalized spacial score (nSPS) is 19.4. The molecule has 1 atom stereocenters. The smallest absolute Gasteiger partial charge is 0.259 e. The number of para-hydroxylation sites is 2. The predicted octanol–water partition coefficient (Wildman–Crippen LogP) is 5.06. The van der Waals surface area contributed by atoms with Crippen LogP contribution in [0.15, 0.2) is 66.7 Å². The van der Waals surface area contributed by atoms with E-state index in [2.05, 4.69) is 62.5 Å². The van der Waals surface area contributed by atoms with Gasteiger partial charge in [0.05, 0.1) is 5.69 Å². The summed E-state index contributed by atoms with van der Waals surface area (Å²) in [5, 5.41) is 7.76. The van der Waals surface area contributed by atoms with Crippen molar-refractivity contribution >= 4 is 50.8 Å². The minimum Gasteiger partial charge on any atom is -0.363 e. The molecule has 3 N–H and O–H groups in total. The van der Waals surface area contributed by atoms with Gasteiger partial charge in [0.25, 0.3) is 5.91 Å². The minimum absolute atomic E-state index is 0.0417. The van der Waals surface area contributed by atoms with Crippen molar-refractivity contribution in [1.82, 2.24) is 4.98 Å². The quantitative estimate of drug-likeness (QED) is 0.320. The first-order valence-corrected chi connectivity index (χ1v) is 9.86. The summed E-state index contributed by atoms with van der Waals surface area (Å²) >= 11 is 2.30. The maximum Gasteiger partial charge on any atom is 0.259 e. The third-order valence-electron chi connectivity index (χ3n) is 5.57. The number of hydrogen-bond acceptors (Lipinski definition) is 2. The van der Waals surface area contributed by atoms with Crippen molar-refractivity contribution in [2.24, 2.45) is 0 Å². The average Bonchev–Trinajstić information content (AvgIpc) is 3.20. The van der Waals surface area contributed by atoms with Gasteiger partial charge in [-0.05, 0) is 52.9 Å². The predicted molar refractivity (Wildman–Crippen MR) is 116 cm³/mol. The monoisotopic (exact) mass is 463 g/mol. The maximum atomic E-state index is 13.4. The van der Waals surface area contributed by atoms with Gasteiger partial charge < -0.3 is 15.6 Å². The number of carbonyl (C=O) groups is 1. The number of amides is 1. The Morgan fingerprint density at radius 3 is 2.63 bits per heavy atom. The average molecular weight is 463 g/mol. The summed E-state index contributed by atoms with van der Waals surface area (Å²) in [5.41, 5.74) is 5.97. The first kappa shape index (κ1) is 15.3. The fraction of sp³-hybridized carbons (Fsp3) is 0.0455. The van der Waals surface area contributed by atoms with Gasteiger partial charge in [-0.25, -0.2) is 0 Å². The molecule has 5 heteroatoms. The molecule has 1 aromatic heterocycles. The van der Waals surface area contributed by atoms with Crippen LogP contribution in [0.25, 0.3) is 22.2 Å². The molecule has 0 fully saturated rings. The van der Waals surface area contributed by atoms with E-state index in [-0.39, 0.29) is 5.91 Å². The van der Waals surface area contributed by atoms with Gasteiger partial charge in [-0.2, -0.15) is 0 Å². The number of aromatic amines is 1. The molecule has 1 amide bonds. The molecule has 0 saturated heterocycles. The highest BCUT2D eigenvalue weighted by atomic mass is 127. The first-order chi connectivity index (χ1) is 13.2. The van der Waals surface area contributed by atoms with Crippen molar-refractivity contribution in [1.29, 1.82) is 0 Å². The van der Waals surface area contributed by atoms with Crippen LogP contribution in [0.3, 0.4) is 0 Å². The Morgan fingerprint density at radius 2 is 1.70 bits per heavy atom. The third kappa shape index (κ3) is 1.84. The Hall–Kier alpha value is -2.80. The minimum atomic E-state index is -0.945. The van der Waals surface area contributed by atoms with Gasteiger partial charge >= 0.3 is 0 Å². The Kier molecular flexibility index (Phi) is 2.90. The van der Waals surface area contributed by atoms with Crippen LogP contribution < -0.4 is 10.6 Å². The number of nitrogens with one attached hydrogen (secondary N) is 3. The van der Waals surface area contributed by atoms with Crippen LogP contribution in [0.2, 0.25) is 0 Å². The molecule has 3 heterocycles. The number of aromatic nitrogens is 1. The van der Waals surface area contributed by atoms with E-state index in [1.54, 1.807) is 0 Å². The zero-order valence-corrected chi connectivity index (χ0v) is 16.3. The van der Waals surface area contributed by atoms with Gasteiger partial charge in [0.15, 0.2) is 5.54 Å². The summed E-state index contributed by atoms with van der Waals surface area (Å²) in [6, 6.07) is 22.4. The lowest BCUT2D eigenvalue weighted by molar-refractivity contribution is -0.118. The van der Waals surface area contributed by atoms with Crippen molar-refractivity contribution in [2.75, 3.05) is 10.6 Å². The standard InChI is InChI=1S/C22H14IN3O/c23-12-9-10-18-15(11-12)22(21(27)25-18)19-13-5-1-3-7-16(13)24-20(19)14-6-2-4-8-17(14)26-22/h1-11,24,26H,(H,25,27)/t22-/m0/s1. The molecule has 3 aromatic carbocycles. The van der Waals surface area contributed by atoms with E-state index >= 15 is 0 Å². The number of H-pyrrole nitrogens is 1. The largest absolute Gasteiger partial charge is 0.363 e. The van der Waals surface area contributed by atoms with Gasteiger partial charge in [0, 0.05) is 42.5 Å². The number of rotatable bonds is 0. The first-order valence-electron chi connectivity index (χ1n) is 8.79. The number of hydrogen-bond donors (Lipinski definition) is 3. The zero-order valence-electron chi connectivity index (χ0n) is 14.1. The molecular formula is C22H14IN3O. The molecular weight excluding hydrogens is 449 g/mol. The second kappa shape index (κ2) is 5.13. The topological polar surface area (TPSA) is 56.9 Å². The number of carbonyl (C=O) groups excluding carboxylic acids is 1. The lowest BCUT2D eigenvalue weighted by Gasteiger charge is -2.36. The second-order valence-corrected chi connectivity index (χ2v) is 8.23. The highest BCUT2D eigenvalue weighted by Gasteiger charge is 2.53. The molecule has 130 valence electrons. The molecule has 0 saturated carbocycles. The van der Waals surface area contributed by atoms with E-state index in [1.807, 2.05) is 42.5 Å². The van der Waals surface area contributed by atoms with Crippen molar-refractivity contribution in [2.45, 2.75) is 5.54 Å². The summed E-state index contributed by atoms with van der Waals surface area (Å²) in [7, 11) is 0. The lowest BCUT2D eigenvalue weighted by Crippen LogP contribution is -2.45. The molecule has 0 radical (unpaired) electrons. The molecule has 1 spiro atoms. The van der Waals surface area contributed by atoms with Gasteiger partial charge in [-0.15, -0.1) is 0 Å². The molecule has 0 bridgehead atoms.